The summed E-state index contributed by atoms with van der Waals surface area (Å²) in [4.78, 5) is 59.5. The average molecular weight is 517 g/mol. The number of hydrogen-bond donors (Lipinski definition) is 8. The number of nitrogens with one attached hydrogen (secondary N) is 3. The molecule has 0 aromatic heterocycles. The van der Waals surface area contributed by atoms with E-state index in [1.807, 2.05) is 5.32 Å². The van der Waals surface area contributed by atoms with Crippen molar-refractivity contribution >= 4 is 29.7 Å². The Morgan fingerprint density at radius 3 is 1.73 bits per heavy atom. The lowest BCUT2D eigenvalue weighted by Gasteiger charge is -2.21. The number of hydrogen-bond acceptors (Lipinski definition) is 8. The molecular weight excluding hydrogens is 488 g/mol. The molecule has 3 unspecified atom stereocenters. The Morgan fingerprint density at radius 1 is 0.730 bits per heavy atom. The van der Waals surface area contributed by atoms with Crippen LogP contribution in [0.5, 0.6) is 11.5 Å². The first-order valence-corrected chi connectivity index (χ1v) is 11.1. The molecule has 0 saturated heterocycles. The van der Waals surface area contributed by atoms with Gasteiger partial charge in [0.05, 0.1) is 19.0 Å². The molecule has 2 rings (SSSR count). The monoisotopic (exact) mass is 516 g/mol. The first-order chi connectivity index (χ1) is 17.4. The Morgan fingerprint density at radius 2 is 1.24 bits per heavy atom. The maximum absolute atomic E-state index is 12.8. The van der Waals surface area contributed by atoms with Gasteiger partial charge in [0.15, 0.2) is 0 Å². The molecule has 3 atom stereocenters. The third-order valence-corrected chi connectivity index (χ3v) is 5.17. The Bertz CT molecular complexity index is 1120. The lowest BCUT2D eigenvalue weighted by molar-refractivity contribution is -0.147. The number of carboxylic acid groups (broad SMARTS) is 2. The highest BCUT2D eigenvalue weighted by atomic mass is 16.4. The highest BCUT2D eigenvalue weighted by Crippen LogP contribution is 2.13. The van der Waals surface area contributed by atoms with Crippen LogP contribution in [0, 0.1) is 0 Å². The zero-order valence-electron chi connectivity index (χ0n) is 19.6. The fourth-order valence-electron chi connectivity index (χ4n) is 3.25. The van der Waals surface area contributed by atoms with E-state index in [-0.39, 0.29) is 24.3 Å². The fourth-order valence-corrected chi connectivity index (χ4v) is 3.25. The number of phenols is 2. The summed E-state index contributed by atoms with van der Waals surface area (Å²) in [6, 6.07) is 8.01. The Labute approximate surface area is 211 Å². The van der Waals surface area contributed by atoms with Crippen LogP contribution < -0.4 is 21.7 Å². The summed E-state index contributed by atoms with van der Waals surface area (Å²) in [5, 5.41) is 43.5. The summed E-state index contributed by atoms with van der Waals surface area (Å²) in [5.74, 6) is -5.33. The Hall–Kier alpha value is -4.65. The molecule has 2 aromatic rings. The van der Waals surface area contributed by atoms with E-state index in [1.54, 1.807) is 12.1 Å². The third-order valence-electron chi connectivity index (χ3n) is 5.17. The second-order valence-electron chi connectivity index (χ2n) is 8.18. The molecule has 198 valence electrons. The van der Waals surface area contributed by atoms with Gasteiger partial charge in [-0.1, -0.05) is 24.3 Å². The number of amides is 3. The van der Waals surface area contributed by atoms with Crippen LogP contribution in [0.4, 0.5) is 0 Å². The van der Waals surface area contributed by atoms with E-state index in [4.69, 9.17) is 15.9 Å². The molecule has 0 aliphatic rings. The van der Waals surface area contributed by atoms with Crippen LogP contribution in [0.15, 0.2) is 48.5 Å². The van der Waals surface area contributed by atoms with Gasteiger partial charge in [-0.2, -0.15) is 0 Å². The maximum Gasteiger partial charge on any atom is 0.326 e. The normalized spacial score (nSPS) is 13.0. The molecule has 9 N–H and O–H groups in total. The van der Waals surface area contributed by atoms with Gasteiger partial charge < -0.3 is 42.1 Å². The Kier molecular flexibility index (Phi) is 10.4. The summed E-state index contributed by atoms with van der Waals surface area (Å²) >= 11 is 0. The van der Waals surface area contributed by atoms with E-state index < -0.39 is 60.8 Å². The lowest BCUT2D eigenvalue weighted by atomic mass is 10.0. The molecule has 0 saturated carbocycles. The van der Waals surface area contributed by atoms with Gasteiger partial charge in [0.1, 0.15) is 23.6 Å². The molecule has 0 fully saturated rings. The number of carboxylic acids is 2. The van der Waals surface area contributed by atoms with E-state index in [2.05, 4.69) is 10.6 Å². The van der Waals surface area contributed by atoms with Crippen molar-refractivity contribution in [3.8, 4) is 11.5 Å². The van der Waals surface area contributed by atoms with Gasteiger partial charge in [0.2, 0.25) is 17.7 Å². The third kappa shape index (κ3) is 9.85. The van der Waals surface area contributed by atoms with Gasteiger partial charge in [0, 0.05) is 6.42 Å². The first-order valence-electron chi connectivity index (χ1n) is 11.1. The van der Waals surface area contributed by atoms with Crippen LogP contribution in [-0.4, -0.2) is 74.8 Å². The molecular formula is C24H28N4O9. The minimum atomic E-state index is -1.69. The second-order valence-corrected chi connectivity index (χ2v) is 8.18. The van der Waals surface area contributed by atoms with Crippen LogP contribution in [0.2, 0.25) is 0 Å². The Balaban J connectivity index is 2.06. The topological polar surface area (TPSA) is 228 Å². The minimum Gasteiger partial charge on any atom is -0.508 e. The maximum atomic E-state index is 12.8. The molecule has 3 amide bonds. The molecule has 0 heterocycles. The van der Waals surface area contributed by atoms with Gasteiger partial charge >= 0.3 is 11.9 Å². The summed E-state index contributed by atoms with van der Waals surface area (Å²) < 4.78 is 0. The van der Waals surface area contributed by atoms with Gasteiger partial charge in [-0.3, -0.25) is 19.2 Å². The number of phenolic OH excluding ortho intramolecular Hbond substituents is 2. The molecule has 0 radical (unpaired) electrons. The fraction of sp³-hybridized carbons (Fsp3) is 0.292. The predicted octanol–water partition coefficient (Wildman–Crippen LogP) is -1.14. The number of aromatic hydroxyl groups is 2. The minimum absolute atomic E-state index is 0.00396. The highest BCUT2D eigenvalue weighted by molar-refractivity contribution is 5.93. The number of carbonyl (C=O) groups is 5. The van der Waals surface area contributed by atoms with Crippen molar-refractivity contribution in [1.29, 1.82) is 0 Å². The SMILES string of the molecule is NC(Cc1ccc(O)cc1)C(=O)NC(Cc1ccc(O)cc1)C(=O)NCC(=O)NC(CC(=O)O)C(=O)O. The van der Waals surface area contributed by atoms with Gasteiger partial charge in [0.25, 0.3) is 0 Å². The van der Waals surface area contributed by atoms with Crippen LogP contribution in [0.1, 0.15) is 17.5 Å². The van der Waals surface area contributed by atoms with E-state index in [9.17, 15) is 34.2 Å². The smallest absolute Gasteiger partial charge is 0.326 e. The molecule has 13 heteroatoms. The summed E-state index contributed by atoms with van der Waals surface area (Å²) in [6.45, 7) is -0.677. The van der Waals surface area contributed by atoms with Gasteiger partial charge in [-0.25, -0.2) is 4.79 Å². The largest absolute Gasteiger partial charge is 0.508 e. The van der Waals surface area contributed by atoms with Crippen molar-refractivity contribution in [1.82, 2.24) is 16.0 Å². The van der Waals surface area contributed by atoms with Crippen molar-refractivity contribution in [2.75, 3.05) is 6.54 Å². The van der Waals surface area contributed by atoms with Crippen molar-refractivity contribution < 1.29 is 44.4 Å². The van der Waals surface area contributed by atoms with Crippen LogP contribution in [-0.2, 0) is 36.8 Å². The molecule has 0 bridgehead atoms. The second kappa shape index (κ2) is 13.4. The quantitative estimate of drug-likeness (QED) is 0.159. The van der Waals surface area contributed by atoms with Crippen molar-refractivity contribution in [3.05, 3.63) is 59.7 Å². The molecule has 2 aromatic carbocycles. The average Bonchev–Trinajstić information content (AvgIpc) is 2.84. The molecule has 0 spiro atoms. The predicted molar refractivity (Wildman–Crippen MR) is 128 cm³/mol. The zero-order valence-corrected chi connectivity index (χ0v) is 19.6. The summed E-state index contributed by atoms with van der Waals surface area (Å²) in [6.07, 6.45) is -0.766. The van der Waals surface area contributed by atoms with E-state index in [0.29, 0.717) is 11.1 Å². The number of benzene rings is 2. The number of aliphatic carboxylic acids is 2. The van der Waals surface area contributed by atoms with Crippen LogP contribution in [0.3, 0.4) is 0 Å². The molecule has 13 nitrogen and oxygen atoms in total. The standard InChI is InChI=1S/C24H28N4O9/c25-17(9-13-1-5-15(29)6-2-13)22(34)28-18(10-14-3-7-16(30)8-4-14)23(35)26-12-20(31)27-19(24(36)37)11-21(32)33/h1-8,17-19,29-30H,9-12,25H2,(H,26,35)(H,27,31)(H,28,34)(H,32,33)(H,36,37). The van der Waals surface area contributed by atoms with Crippen molar-refractivity contribution in [2.24, 2.45) is 5.73 Å². The molecule has 37 heavy (non-hydrogen) atoms. The van der Waals surface area contributed by atoms with Crippen LogP contribution in [0.25, 0.3) is 0 Å². The first kappa shape index (κ1) is 28.6. The van der Waals surface area contributed by atoms with Crippen molar-refractivity contribution in [2.45, 2.75) is 37.4 Å². The number of nitrogens with two attached hydrogens (primary N) is 1. The summed E-state index contributed by atoms with van der Waals surface area (Å²) in [5.41, 5.74) is 7.23. The zero-order chi connectivity index (χ0) is 27.5. The van der Waals surface area contributed by atoms with Gasteiger partial charge in [-0.05, 0) is 41.8 Å². The summed E-state index contributed by atoms with van der Waals surface area (Å²) in [7, 11) is 0. The van der Waals surface area contributed by atoms with Crippen molar-refractivity contribution in [3.63, 3.8) is 0 Å². The van der Waals surface area contributed by atoms with E-state index >= 15 is 0 Å². The van der Waals surface area contributed by atoms with Crippen LogP contribution >= 0.6 is 0 Å². The van der Waals surface area contributed by atoms with Gasteiger partial charge in [-0.15, -0.1) is 0 Å². The number of carbonyl (C=O) groups excluding carboxylic acids is 3. The van der Waals surface area contributed by atoms with E-state index in [0.717, 1.165) is 0 Å². The molecule has 0 aliphatic carbocycles. The number of rotatable bonds is 13. The lowest BCUT2D eigenvalue weighted by Crippen LogP contribution is -2.54. The molecule has 0 aliphatic heterocycles. The van der Waals surface area contributed by atoms with E-state index in [1.165, 1.54) is 36.4 Å². The highest BCUT2D eigenvalue weighted by Gasteiger charge is 2.26.